The van der Waals surface area contributed by atoms with Crippen molar-refractivity contribution in [3.8, 4) is 0 Å². The van der Waals surface area contributed by atoms with Gasteiger partial charge in [-0.1, -0.05) is 24.3 Å². The van der Waals surface area contributed by atoms with Crippen LogP contribution in [0, 0.1) is 0 Å². The van der Waals surface area contributed by atoms with Crippen molar-refractivity contribution in [2.24, 2.45) is 0 Å². The zero-order valence-electron chi connectivity index (χ0n) is 14.3. The number of rotatable bonds is 4. The van der Waals surface area contributed by atoms with Crippen molar-refractivity contribution in [1.82, 2.24) is 10.2 Å². The number of carbonyl (C=O) groups is 2. The third-order valence-electron chi connectivity index (χ3n) is 4.90. The number of hydrogen-bond donors (Lipinski definition) is 1. The molecule has 1 fully saturated rings. The number of likely N-dealkylation sites (tertiary alicyclic amines) is 1. The molecule has 2 amide bonds. The molecule has 2 aliphatic rings. The third kappa shape index (κ3) is 4.32. The average molecular weight is 346 g/mol. The summed E-state index contributed by atoms with van der Waals surface area (Å²) in [7, 11) is 0. The van der Waals surface area contributed by atoms with Crippen LogP contribution in [0.15, 0.2) is 24.3 Å². The third-order valence-corrected chi connectivity index (χ3v) is 6.21. The summed E-state index contributed by atoms with van der Waals surface area (Å²) in [5.41, 5.74) is 2.86. The molecule has 1 aromatic carbocycles. The van der Waals surface area contributed by atoms with Gasteiger partial charge in [0.15, 0.2) is 0 Å². The van der Waals surface area contributed by atoms with E-state index in [0.29, 0.717) is 17.5 Å². The highest BCUT2D eigenvalue weighted by Gasteiger charge is 2.26. The molecule has 4 nitrogen and oxygen atoms in total. The lowest BCUT2D eigenvalue weighted by molar-refractivity contribution is -0.130. The Labute approximate surface area is 148 Å². The van der Waals surface area contributed by atoms with Crippen molar-refractivity contribution >= 4 is 23.6 Å². The first-order valence-electron chi connectivity index (χ1n) is 8.88. The zero-order valence-corrected chi connectivity index (χ0v) is 15.1. The van der Waals surface area contributed by atoms with Crippen molar-refractivity contribution in [1.29, 1.82) is 0 Å². The molecule has 1 aromatic rings. The average Bonchev–Trinajstić information content (AvgIpc) is 2.59. The number of nitrogens with one attached hydrogen (secondary N) is 1. The first-order valence-corrected chi connectivity index (χ1v) is 9.92. The normalized spacial score (nSPS) is 23.5. The Morgan fingerprint density at radius 2 is 2.08 bits per heavy atom. The Balaban J connectivity index is 1.53. The summed E-state index contributed by atoms with van der Waals surface area (Å²) >= 11 is 1.78. The molecule has 1 saturated heterocycles. The van der Waals surface area contributed by atoms with Crippen molar-refractivity contribution < 1.29 is 9.59 Å². The van der Waals surface area contributed by atoms with E-state index in [-0.39, 0.29) is 17.9 Å². The van der Waals surface area contributed by atoms with E-state index >= 15 is 0 Å². The van der Waals surface area contributed by atoms with E-state index in [1.54, 1.807) is 11.8 Å². The number of piperidine rings is 1. The second-order valence-electron chi connectivity index (χ2n) is 6.77. The predicted octanol–water partition coefficient (Wildman–Crippen LogP) is 2.92. The van der Waals surface area contributed by atoms with Gasteiger partial charge in [0, 0.05) is 31.3 Å². The molecule has 1 N–H and O–H groups in total. The van der Waals surface area contributed by atoms with Gasteiger partial charge < -0.3 is 10.2 Å². The number of amides is 2. The lowest BCUT2D eigenvalue weighted by atomic mass is 9.91. The molecule has 0 radical (unpaired) electrons. The maximum atomic E-state index is 12.6. The summed E-state index contributed by atoms with van der Waals surface area (Å²) in [5.74, 6) is 0.729. The van der Waals surface area contributed by atoms with Gasteiger partial charge in [-0.2, -0.15) is 0 Å². The van der Waals surface area contributed by atoms with Crippen molar-refractivity contribution in [3.63, 3.8) is 0 Å². The standard InChI is InChI=1S/C19H26N2O2S/c1-14(22)20-16-8-5-11-21(12-16)19(23)13-24-18-10-4-7-15-6-2-3-9-17(15)18/h2-3,6,9,16,18H,4-5,7-8,10-13H2,1H3,(H,20,22). The van der Waals surface area contributed by atoms with E-state index in [9.17, 15) is 9.59 Å². The highest BCUT2D eigenvalue weighted by molar-refractivity contribution is 8.00. The quantitative estimate of drug-likeness (QED) is 0.912. The van der Waals surface area contributed by atoms with Gasteiger partial charge in [0.2, 0.25) is 11.8 Å². The molecule has 0 spiro atoms. The van der Waals surface area contributed by atoms with Gasteiger partial charge in [-0.15, -0.1) is 11.8 Å². The fourth-order valence-electron chi connectivity index (χ4n) is 3.75. The van der Waals surface area contributed by atoms with E-state index < -0.39 is 0 Å². The minimum atomic E-state index is -0.0116. The summed E-state index contributed by atoms with van der Waals surface area (Å²) in [6.45, 7) is 3.01. The van der Waals surface area contributed by atoms with E-state index in [1.807, 2.05) is 4.90 Å². The molecule has 1 aliphatic carbocycles. The predicted molar refractivity (Wildman–Crippen MR) is 98.0 cm³/mol. The molecule has 130 valence electrons. The smallest absolute Gasteiger partial charge is 0.232 e. The van der Waals surface area contributed by atoms with Crippen LogP contribution in [0.1, 0.15) is 49.0 Å². The second kappa shape index (κ2) is 8.06. The van der Waals surface area contributed by atoms with Crippen molar-refractivity contribution in [2.75, 3.05) is 18.8 Å². The molecule has 0 saturated carbocycles. The van der Waals surface area contributed by atoms with Crippen molar-refractivity contribution in [2.45, 2.75) is 50.3 Å². The van der Waals surface area contributed by atoms with Crippen LogP contribution < -0.4 is 5.32 Å². The highest BCUT2D eigenvalue weighted by atomic mass is 32.2. The van der Waals surface area contributed by atoms with Gasteiger partial charge in [-0.05, 0) is 43.2 Å². The van der Waals surface area contributed by atoms with Crippen molar-refractivity contribution in [3.05, 3.63) is 35.4 Å². The molecule has 2 atom stereocenters. The number of aryl methyl sites for hydroxylation is 1. The van der Waals surface area contributed by atoms with Gasteiger partial charge in [0.25, 0.3) is 0 Å². The Morgan fingerprint density at radius 3 is 2.92 bits per heavy atom. The molecular formula is C19H26N2O2S. The lowest BCUT2D eigenvalue weighted by Crippen LogP contribution is -2.49. The maximum absolute atomic E-state index is 12.6. The SMILES string of the molecule is CC(=O)NC1CCCN(C(=O)CSC2CCCc3ccccc32)C1. The van der Waals surface area contributed by atoms with Crippen LogP contribution in [0.25, 0.3) is 0 Å². The molecule has 0 bridgehead atoms. The fourth-order valence-corrected chi connectivity index (χ4v) is 5.02. The largest absolute Gasteiger partial charge is 0.352 e. The van der Waals surface area contributed by atoms with Gasteiger partial charge in [0.05, 0.1) is 5.75 Å². The van der Waals surface area contributed by atoms with Crippen LogP contribution in [0.2, 0.25) is 0 Å². The molecule has 5 heteroatoms. The van der Waals surface area contributed by atoms with E-state index in [2.05, 4.69) is 29.6 Å². The number of fused-ring (bicyclic) bond motifs is 1. The Hall–Kier alpha value is -1.49. The van der Waals surface area contributed by atoms with Gasteiger partial charge in [-0.25, -0.2) is 0 Å². The van der Waals surface area contributed by atoms with Gasteiger partial charge in [0.1, 0.15) is 0 Å². The van der Waals surface area contributed by atoms with Crippen LogP contribution in [0.4, 0.5) is 0 Å². The molecular weight excluding hydrogens is 320 g/mol. The number of carbonyl (C=O) groups excluding carboxylic acids is 2. The molecule has 2 unspecified atom stereocenters. The van der Waals surface area contributed by atoms with Gasteiger partial charge >= 0.3 is 0 Å². The van der Waals surface area contributed by atoms with E-state index in [4.69, 9.17) is 0 Å². The number of benzene rings is 1. The minimum absolute atomic E-state index is 0.0116. The zero-order chi connectivity index (χ0) is 16.9. The van der Waals surface area contributed by atoms with E-state index in [0.717, 1.165) is 32.2 Å². The second-order valence-corrected chi connectivity index (χ2v) is 7.96. The van der Waals surface area contributed by atoms with Gasteiger partial charge in [-0.3, -0.25) is 9.59 Å². The van der Waals surface area contributed by atoms with E-state index in [1.165, 1.54) is 24.5 Å². The molecule has 3 rings (SSSR count). The summed E-state index contributed by atoms with van der Waals surface area (Å²) in [4.78, 5) is 25.7. The summed E-state index contributed by atoms with van der Waals surface area (Å²) in [6.07, 6.45) is 5.45. The fraction of sp³-hybridized carbons (Fsp3) is 0.579. The van der Waals surface area contributed by atoms with Crippen LogP contribution in [0.5, 0.6) is 0 Å². The minimum Gasteiger partial charge on any atom is -0.352 e. The number of thioether (sulfide) groups is 1. The molecule has 1 heterocycles. The Kier molecular flexibility index (Phi) is 5.82. The highest BCUT2D eigenvalue weighted by Crippen LogP contribution is 2.39. The first kappa shape index (κ1) is 17.3. The Bertz CT molecular complexity index is 605. The molecule has 24 heavy (non-hydrogen) atoms. The molecule has 0 aromatic heterocycles. The summed E-state index contributed by atoms with van der Waals surface area (Å²) in [6, 6.07) is 8.74. The summed E-state index contributed by atoms with van der Waals surface area (Å²) in [5, 5.41) is 3.39. The lowest BCUT2D eigenvalue weighted by Gasteiger charge is -2.33. The van der Waals surface area contributed by atoms with Crippen LogP contribution in [-0.4, -0.2) is 41.6 Å². The number of nitrogens with zero attached hydrogens (tertiary/aromatic N) is 1. The maximum Gasteiger partial charge on any atom is 0.232 e. The first-order chi connectivity index (χ1) is 11.6. The molecule has 1 aliphatic heterocycles. The topological polar surface area (TPSA) is 49.4 Å². The monoisotopic (exact) mass is 346 g/mol. The summed E-state index contributed by atoms with van der Waals surface area (Å²) < 4.78 is 0. The number of hydrogen-bond acceptors (Lipinski definition) is 3. The van der Waals surface area contributed by atoms with Crippen LogP contribution in [-0.2, 0) is 16.0 Å². The van der Waals surface area contributed by atoms with Crippen LogP contribution >= 0.6 is 11.8 Å². The van der Waals surface area contributed by atoms with Crippen LogP contribution in [0.3, 0.4) is 0 Å². The Morgan fingerprint density at radius 1 is 1.25 bits per heavy atom.